The summed E-state index contributed by atoms with van der Waals surface area (Å²) < 4.78 is 5.19. The lowest BCUT2D eigenvalue weighted by molar-refractivity contribution is 0.475. The summed E-state index contributed by atoms with van der Waals surface area (Å²) in [7, 11) is 0. The van der Waals surface area contributed by atoms with E-state index in [1.165, 1.54) is 6.07 Å². The Labute approximate surface area is 121 Å². The molecule has 3 aromatic rings. The molecule has 0 aliphatic heterocycles. The molecule has 0 fully saturated rings. The summed E-state index contributed by atoms with van der Waals surface area (Å²) in [6.45, 7) is 1.88. The molecule has 3 rings (SSSR count). The number of hydrogen-bond acceptors (Lipinski definition) is 3. The second-order valence-electron chi connectivity index (χ2n) is 4.76. The van der Waals surface area contributed by atoms with Crippen molar-refractivity contribution in [1.29, 1.82) is 0 Å². The molecule has 0 aliphatic rings. The van der Waals surface area contributed by atoms with E-state index in [1.54, 1.807) is 30.3 Å². The molecule has 0 radical (unpaired) electrons. The molecule has 102 valence electrons. The van der Waals surface area contributed by atoms with Gasteiger partial charge in [0.15, 0.2) is 0 Å². The van der Waals surface area contributed by atoms with Crippen molar-refractivity contribution in [1.82, 2.24) is 0 Å². The lowest BCUT2D eigenvalue weighted by Gasteiger charge is -2.00. The average molecular weight is 276 g/mol. The van der Waals surface area contributed by atoms with Crippen molar-refractivity contribution in [3.63, 3.8) is 0 Å². The highest BCUT2D eigenvalue weighted by molar-refractivity contribution is 5.81. The van der Waals surface area contributed by atoms with E-state index >= 15 is 0 Å². The largest absolute Gasteiger partial charge is 0.508 e. The summed E-state index contributed by atoms with van der Waals surface area (Å²) in [5.41, 5.74) is 2.64. The van der Waals surface area contributed by atoms with Crippen molar-refractivity contribution in [2.45, 2.75) is 6.92 Å². The summed E-state index contributed by atoms with van der Waals surface area (Å²) in [6.07, 6.45) is 0. The fourth-order valence-electron chi connectivity index (χ4n) is 2.09. The van der Waals surface area contributed by atoms with Crippen molar-refractivity contribution >= 4 is 11.0 Å². The Morgan fingerprint density at radius 1 is 0.952 bits per heavy atom. The Hall–Kier alpha value is -2.99. The van der Waals surface area contributed by atoms with Gasteiger partial charge in [-0.2, -0.15) is 0 Å². The Morgan fingerprint density at radius 2 is 1.62 bits per heavy atom. The molecule has 0 unspecified atom stereocenters. The SMILES string of the molecule is Cc1cc(=O)oc2cc(C#Cc3ccc(O)cc3)ccc12. The third kappa shape index (κ3) is 2.80. The fourth-order valence-corrected chi connectivity index (χ4v) is 2.09. The molecule has 21 heavy (non-hydrogen) atoms. The minimum Gasteiger partial charge on any atom is -0.508 e. The predicted molar refractivity (Wildman–Crippen MR) is 81.3 cm³/mol. The summed E-state index contributed by atoms with van der Waals surface area (Å²) >= 11 is 0. The van der Waals surface area contributed by atoms with Crippen molar-refractivity contribution in [3.05, 3.63) is 75.6 Å². The number of rotatable bonds is 0. The number of phenolic OH excluding ortho intramolecular Hbond substituents is 1. The maximum absolute atomic E-state index is 11.4. The monoisotopic (exact) mass is 276 g/mol. The van der Waals surface area contributed by atoms with Crippen LogP contribution in [-0.4, -0.2) is 5.11 Å². The predicted octanol–water partition coefficient (Wildman–Crippen LogP) is 3.21. The quantitative estimate of drug-likeness (QED) is 0.506. The molecule has 0 saturated carbocycles. The van der Waals surface area contributed by atoms with Crippen LogP contribution in [-0.2, 0) is 0 Å². The molecule has 1 heterocycles. The third-order valence-corrected chi connectivity index (χ3v) is 3.17. The topological polar surface area (TPSA) is 50.4 Å². The molecular formula is C18H12O3. The summed E-state index contributed by atoms with van der Waals surface area (Å²) in [5.74, 6) is 6.23. The molecule has 2 aromatic carbocycles. The smallest absolute Gasteiger partial charge is 0.336 e. The maximum Gasteiger partial charge on any atom is 0.336 e. The maximum atomic E-state index is 11.4. The van der Waals surface area contributed by atoms with Gasteiger partial charge in [-0.15, -0.1) is 0 Å². The summed E-state index contributed by atoms with van der Waals surface area (Å²) in [6, 6.07) is 13.7. The second-order valence-corrected chi connectivity index (χ2v) is 4.76. The van der Waals surface area contributed by atoms with Gasteiger partial charge in [-0.1, -0.05) is 11.8 Å². The van der Waals surface area contributed by atoms with Gasteiger partial charge in [0, 0.05) is 22.6 Å². The number of aryl methyl sites for hydroxylation is 1. The normalized spacial score (nSPS) is 10.1. The molecule has 0 amide bonds. The van der Waals surface area contributed by atoms with Gasteiger partial charge >= 0.3 is 5.63 Å². The zero-order valence-corrected chi connectivity index (χ0v) is 11.4. The van der Waals surface area contributed by atoms with Gasteiger partial charge in [0.05, 0.1) is 0 Å². The number of benzene rings is 2. The van der Waals surface area contributed by atoms with Crippen molar-refractivity contribution < 1.29 is 9.52 Å². The van der Waals surface area contributed by atoms with Gasteiger partial charge in [-0.3, -0.25) is 0 Å². The zero-order valence-electron chi connectivity index (χ0n) is 11.4. The lowest BCUT2D eigenvalue weighted by Crippen LogP contribution is -1.97. The molecule has 0 atom stereocenters. The van der Waals surface area contributed by atoms with Crippen molar-refractivity contribution in [3.8, 4) is 17.6 Å². The van der Waals surface area contributed by atoms with Crippen LogP contribution in [0.1, 0.15) is 16.7 Å². The van der Waals surface area contributed by atoms with Crippen LogP contribution in [0.3, 0.4) is 0 Å². The molecule has 3 nitrogen and oxygen atoms in total. The van der Waals surface area contributed by atoms with E-state index in [2.05, 4.69) is 11.8 Å². The van der Waals surface area contributed by atoms with Crippen LogP contribution in [0.4, 0.5) is 0 Å². The van der Waals surface area contributed by atoms with Crippen molar-refractivity contribution in [2.75, 3.05) is 0 Å². The minimum absolute atomic E-state index is 0.212. The van der Waals surface area contributed by atoms with Crippen LogP contribution < -0.4 is 5.63 Å². The molecule has 1 N–H and O–H groups in total. The van der Waals surface area contributed by atoms with Gasteiger partial charge in [0.25, 0.3) is 0 Å². The summed E-state index contributed by atoms with van der Waals surface area (Å²) in [4.78, 5) is 11.4. The Balaban J connectivity index is 2.02. The molecular weight excluding hydrogens is 264 g/mol. The first-order valence-corrected chi connectivity index (χ1v) is 6.47. The van der Waals surface area contributed by atoms with E-state index in [-0.39, 0.29) is 11.4 Å². The number of phenols is 1. The highest BCUT2D eigenvalue weighted by Crippen LogP contribution is 2.17. The van der Waals surface area contributed by atoms with Gasteiger partial charge in [0.2, 0.25) is 0 Å². The zero-order chi connectivity index (χ0) is 14.8. The second kappa shape index (κ2) is 5.18. The van der Waals surface area contributed by atoms with Crippen LogP contribution in [0.15, 0.2) is 57.7 Å². The van der Waals surface area contributed by atoms with Gasteiger partial charge < -0.3 is 9.52 Å². The number of aromatic hydroxyl groups is 1. The molecule has 0 spiro atoms. The van der Waals surface area contributed by atoms with E-state index in [1.807, 2.05) is 19.1 Å². The minimum atomic E-state index is -0.358. The Bertz CT molecular complexity index is 923. The molecule has 1 aromatic heterocycles. The first kappa shape index (κ1) is 13.0. The molecule has 0 aliphatic carbocycles. The van der Waals surface area contributed by atoms with E-state index in [0.717, 1.165) is 22.1 Å². The van der Waals surface area contributed by atoms with Crippen LogP contribution in [0.5, 0.6) is 5.75 Å². The molecule has 3 heteroatoms. The number of fused-ring (bicyclic) bond motifs is 1. The number of hydrogen-bond donors (Lipinski definition) is 1. The van der Waals surface area contributed by atoms with E-state index in [0.29, 0.717) is 5.58 Å². The van der Waals surface area contributed by atoms with Gasteiger partial charge in [0.1, 0.15) is 11.3 Å². The van der Waals surface area contributed by atoms with Crippen LogP contribution >= 0.6 is 0 Å². The van der Waals surface area contributed by atoms with Crippen LogP contribution in [0.25, 0.3) is 11.0 Å². The van der Waals surface area contributed by atoms with Gasteiger partial charge in [-0.05, 0) is 55.0 Å². The average Bonchev–Trinajstić information content (AvgIpc) is 2.46. The van der Waals surface area contributed by atoms with Crippen LogP contribution in [0.2, 0.25) is 0 Å². The molecule has 0 bridgehead atoms. The van der Waals surface area contributed by atoms with E-state index in [4.69, 9.17) is 4.42 Å². The standard InChI is InChI=1S/C18H12O3/c1-12-10-18(20)21-17-11-14(6-9-16(12)17)3-2-13-4-7-15(19)8-5-13/h4-11,19H,1H3. The van der Waals surface area contributed by atoms with E-state index in [9.17, 15) is 9.90 Å². The first-order valence-electron chi connectivity index (χ1n) is 6.47. The first-order chi connectivity index (χ1) is 10.1. The summed E-state index contributed by atoms with van der Waals surface area (Å²) in [5, 5.41) is 10.1. The van der Waals surface area contributed by atoms with E-state index < -0.39 is 0 Å². The van der Waals surface area contributed by atoms with Crippen LogP contribution in [0, 0.1) is 18.8 Å². The Kier molecular flexibility index (Phi) is 3.21. The van der Waals surface area contributed by atoms with Gasteiger partial charge in [-0.25, -0.2) is 4.79 Å². The third-order valence-electron chi connectivity index (χ3n) is 3.17. The molecule has 0 saturated heterocycles. The fraction of sp³-hybridized carbons (Fsp3) is 0.0556. The highest BCUT2D eigenvalue weighted by Gasteiger charge is 2.02. The highest BCUT2D eigenvalue weighted by atomic mass is 16.4. The van der Waals surface area contributed by atoms with Crippen molar-refractivity contribution in [2.24, 2.45) is 0 Å². The Morgan fingerprint density at radius 3 is 2.38 bits per heavy atom. The lowest BCUT2D eigenvalue weighted by atomic mass is 10.1.